The number of fused-ring (bicyclic) bond motifs is 2. The minimum absolute atomic E-state index is 0.112. The summed E-state index contributed by atoms with van der Waals surface area (Å²) in [5.74, 6) is 0.932. The molecule has 0 radical (unpaired) electrons. The van der Waals surface area contributed by atoms with E-state index in [1.165, 1.54) is 4.31 Å². The van der Waals surface area contributed by atoms with Crippen LogP contribution in [-0.4, -0.2) is 46.0 Å². The second-order valence-electron chi connectivity index (χ2n) is 9.37. The van der Waals surface area contributed by atoms with Crippen LogP contribution in [0.1, 0.15) is 57.9 Å². The van der Waals surface area contributed by atoms with Gasteiger partial charge >= 0.3 is 0 Å². The number of Topliss-reactive ketones (excluding diaryl/α,β-unsaturated/α-hetero) is 1. The number of aromatic nitrogens is 3. The van der Waals surface area contributed by atoms with Gasteiger partial charge in [0.25, 0.3) is 0 Å². The summed E-state index contributed by atoms with van der Waals surface area (Å²) >= 11 is 0. The molecule has 0 aromatic carbocycles. The van der Waals surface area contributed by atoms with Gasteiger partial charge in [-0.15, -0.1) is 10.2 Å². The van der Waals surface area contributed by atoms with E-state index in [0.717, 1.165) is 18.4 Å². The van der Waals surface area contributed by atoms with E-state index in [-0.39, 0.29) is 22.9 Å². The minimum Gasteiger partial charge on any atom is -0.419 e. The first-order valence-electron chi connectivity index (χ1n) is 10.5. The quantitative estimate of drug-likeness (QED) is 0.718. The SMILES string of the molecule is CC1(C)C2CCC1(CS(=O)(=O)N1CCCC1c1nnc(-c3ccncc3)o1)C(=O)C2. The lowest BCUT2D eigenvalue weighted by atomic mass is 9.70. The highest BCUT2D eigenvalue weighted by atomic mass is 32.2. The van der Waals surface area contributed by atoms with E-state index in [1.807, 2.05) is 0 Å². The van der Waals surface area contributed by atoms with Gasteiger partial charge in [-0.3, -0.25) is 9.78 Å². The largest absolute Gasteiger partial charge is 0.419 e. The zero-order valence-electron chi connectivity index (χ0n) is 17.2. The molecule has 3 aliphatic rings. The molecule has 3 fully saturated rings. The van der Waals surface area contributed by atoms with Crippen LogP contribution >= 0.6 is 0 Å². The number of rotatable bonds is 5. The monoisotopic (exact) mass is 430 g/mol. The van der Waals surface area contributed by atoms with Gasteiger partial charge in [0.1, 0.15) is 11.8 Å². The van der Waals surface area contributed by atoms with Crippen molar-refractivity contribution in [2.75, 3.05) is 12.3 Å². The summed E-state index contributed by atoms with van der Waals surface area (Å²) < 4.78 is 34.4. The summed E-state index contributed by atoms with van der Waals surface area (Å²) in [4.78, 5) is 16.8. The van der Waals surface area contributed by atoms with Crippen LogP contribution in [0.25, 0.3) is 11.5 Å². The summed E-state index contributed by atoms with van der Waals surface area (Å²) in [5.41, 5.74) is -0.322. The van der Waals surface area contributed by atoms with Gasteiger partial charge in [-0.2, -0.15) is 4.31 Å². The Kier molecular flexibility index (Phi) is 4.41. The Bertz CT molecular complexity index is 1080. The zero-order valence-corrected chi connectivity index (χ0v) is 18.1. The lowest BCUT2D eigenvalue weighted by molar-refractivity contribution is -0.128. The van der Waals surface area contributed by atoms with Gasteiger partial charge in [-0.1, -0.05) is 13.8 Å². The van der Waals surface area contributed by atoms with E-state index in [2.05, 4.69) is 29.0 Å². The van der Waals surface area contributed by atoms with Gasteiger partial charge in [-0.25, -0.2) is 8.42 Å². The molecule has 30 heavy (non-hydrogen) atoms. The Morgan fingerprint density at radius 2 is 1.97 bits per heavy atom. The highest BCUT2D eigenvalue weighted by Crippen LogP contribution is 2.64. The first-order valence-corrected chi connectivity index (χ1v) is 12.1. The van der Waals surface area contributed by atoms with Gasteiger partial charge in [0.15, 0.2) is 0 Å². The molecule has 0 amide bonds. The predicted molar refractivity (Wildman–Crippen MR) is 109 cm³/mol. The normalized spacial score (nSPS) is 30.9. The molecule has 2 aliphatic carbocycles. The number of pyridine rings is 1. The lowest BCUT2D eigenvalue weighted by Crippen LogP contribution is -2.46. The molecule has 1 saturated heterocycles. The number of sulfonamides is 1. The van der Waals surface area contributed by atoms with Crippen molar-refractivity contribution < 1.29 is 17.6 Å². The molecular formula is C21H26N4O4S. The third-order valence-electron chi connectivity index (χ3n) is 7.78. The first kappa shape index (κ1) is 19.8. The Balaban J connectivity index is 1.43. The van der Waals surface area contributed by atoms with Crippen molar-refractivity contribution >= 4 is 15.8 Å². The number of carbonyl (C=O) groups excluding carboxylic acids is 1. The molecule has 0 N–H and O–H groups in total. The van der Waals surface area contributed by atoms with Gasteiger partial charge < -0.3 is 4.42 Å². The van der Waals surface area contributed by atoms with E-state index >= 15 is 0 Å². The van der Waals surface area contributed by atoms with Crippen molar-refractivity contribution in [1.29, 1.82) is 0 Å². The second kappa shape index (κ2) is 6.68. The average molecular weight is 431 g/mol. The van der Waals surface area contributed by atoms with Crippen LogP contribution < -0.4 is 0 Å². The number of nitrogens with zero attached hydrogens (tertiary/aromatic N) is 4. The summed E-state index contributed by atoms with van der Waals surface area (Å²) in [6.45, 7) is 4.53. The Hall–Kier alpha value is -2.13. The van der Waals surface area contributed by atoms with Crippen LogP contribution in [0.5, 0.6) is 0 Å². The van der Waals surface area contributed by atoms with Crippen molar-refractivity contribution in [2.24, 2.45) is 16.7 Å². The van der Waals surface area contributed by atoms with Gasteiger partial charge in [-0.05, 0) is 49.1 Å². The Labute approximate surface area is 176 Å². The van der Waals surface area contributed by atoms with E-state index in [0.29, 0.717) is 37.6 Å². The smallest absolute Gasteiger partial charge is 0.247 e. The van der Waals surface area contributed by atoms with Crippen LogP contribution in [0, 0.1) is 16.7 Å². The van der Waals surface area contributed by atoms with Crippen LogP contribution in [-0.2, 0) is 14.8 Å². The van der Waals surface area contributed by atoms with Gasteiger partial charge in [0, 0.05) is 36.3 Å². The molecule has 2 bridgehead atoms. The minimum atomic E-state index is -3.67. The summed E-state index contributed by atoms with van der Waals surface area (Å²) in [5, 5.41) is 8.25. The molecular weight excluding hydrogens is 404 g/mol. The molecule has 2 aromatic heterocycles. The maximum absolute atomic E-state index is 13.5. The second-order valence-corrected chi connectivity index (χ2v) is 11.3. The van der Waals surface area contributed by atoms with Crippen LogP contribution in [0.2, 0.25) is 0 Å². The fourth-order valence-electron chi connectivity index (χ4n) is 5.80. The van der Waals surface area contributed by atoms with Crippen molar-refractivity contribution in [3.8, 4) is 11.5 Å². The van der Waals surface area contributed by atoms with E-state index in [1.54, 1.807) is 24.5 Å². The molecule has 2 saturated carbocycles. The maximum atomic E-state index is 13.5. The number of hydrogen-bond acceptors (Lipinski definition) is 7. The topological polar surface area (TPSA) is 106 Å². The van der Waals surface area contributed by atoms with Crippen LogP contribution in [0.4, 0.5) is 0 Å². The fourth-order valence-corrected chi connectivity index (χ4v) is 8.26. The van der Waals surface area contributed by atoms with Crippen LogP contribution in [0.3, 0.4) is 0 Å². The number of carbonyl (C=O) groups is 1. The van der Waals surface area contributed by atoms with Crippen molar-refractivity contribution in [3.63, 3.8) is 0 Å². The Morgan fingerprint density at radius 1 is 1.20 bits per heavy atom. The molecule has 3 unspecified atom stereocenters. The summed E-state index contributed by atoms with van der Waals surface area (Å²) in [6.07, 6.45) is 6.73. The fraction of sp³-hybridized carbons (Fsp3) is 0.619. The first-order chi connectivity index (χ1) is 14.2. The molecule has 8 nitrogen and oxygen atoms in total. The van der Waals surface area contributed by atoms with Crippen molar-refractivity contribution in [1.82, 2.24) is 19.5 Å². The molecule has 9 heteroatoms. The summed E-state index contributed by atoms with van der Waals surface area (Å²) in [7, 11) is -3.67. The van der Waals surface area contributed by atoms with Crippen LogP contribution in [0.15, 0.2) is 28.9 Å². The van der Waals surface area contributed by atoms with Gasteiger partial charge in [0.05, 0.1) is 5.75 Å². The van der Waals surface area contributed by atoms with E-state index in [9.17, 15) is 13.2 Å². The van der Waals surface area contributed by atoms with Gasteiger partial charge in [0.2, 0.25) is 21.8 Å². The van der Waals surface area contributed by atoms with E-state index < -0.39 is 21.5 Å². The number of hydrogen-bond donors (Lipinski definition) is 0. The molecule has 2 aromatic rings. The maximum Gasteiger partial charge on any atom is 0.247 e. The number of ketones is 1. The highest BCUT2D eigenvalue weighted by Gasteiger charge is 2.66. The van der Waals surface area contributed by atoms with Crippen molar-refractivity contribution in [2.45, 2.75) is 52.0 Å². The Morgan fingerprint density at radius 3 is 2.63 bits per heavy atom. The molecule has 3 atom stereocenters. The third-order valence-corrected chi connectivity index (χ3v) is 9.79. The zero-order chi connectivity index (χ0) is 21.1. The van der Waals surface area contributed by atoms with Crippen molar-refractivity contribution in [3.05, 3.63) is 30.4 Å². The predicted octanol–water partition coefficient (Wildman–Crippen LogP) is 2.99. The van der Waals surface area contributed by atoms with E-state index in [4.69, 9.17) is 4.42 Å². The molecule has 3 heterocycles. The lowest BCUT2D eigenvalue weighted by Gasteiger charge is -2.37. The molecule has 0 spiro atoms. The third kappa shape index (κ3) is 2.78. The molecule has 1 aliphatic heterocycles. The molecule has 160 valence electrons. The standard InChI is InChI=1S/C21H26N4O4S/c1-20(2)15-5-8-21(20,17(26)12-15)13-30(27,28)25-11-3-4-16(25)19-24-23-18(29-19)14-6-9-22-10-7-14/h6-7,9-10,15-16H,3-5,8,11-13H2,1-2H3. The highest BCUT2D eigenvalue weighted by molar-refractivity contribution is 7.89. The summed E-state index contributed by atoms with van der Waals surface area (Å²) in [6, 6.07) is 3.06. The average Bonchev–Trinajstić information content (AvgIpc) is 3.46. The molecule has 5 rings (SSSR count).